The molecule has 0 atom stereocenters. The van der Waals surface area contributed by atoms with E-state index in [1.807, 2.05) is 17.3 Å². The molecule has 0 bridgehead atoms. The lowest BCUT2D eigenvalue weighted by molar-refractivity contribution is -0.117. The van der Waals surface area contributed by atoms with Crippen LogP contribution in [0.3, 0.4) is 0 Å². The third kappa shape index (κ3) is 4.97. The van der Waals surface area contributed by atoms with Crippen molar-refractivity contribution in [1.29, 1.82) is 0 Å². The highest BCUT2D eigenvalue weighted by Gasteiger charge is 2.11. The van der Waals surface area contributed by atoms with Crippen LogP contribution in [0.5, 0.6) is 0 Å². The summed E-state index contributed by atoms with van der Waals surface area (Å²) in [7, 11) is 1.87. The van der Waals surface area contributed by atoms with Crippen LogP contribution in [-0.2, 0) is 11.3 Å². The van der Waals surface area contributed by atoms with Gasteiger partial charge in [0.05, 0.1) is 12.2 Å². The highest BCUT2D eigenvalue weighted by atomic mass is 32.1. The summed E-state index contributed by atoms with van der Waals surface area (Å²) in [4.78, 5) is 18.6. The zero-order chi connectivity index (χ0) is 18.5. The van der Waals surface area contributed by atoms with E-state index in [1.165, 1.54) is 17.7 Å². The monoisotopic (exact) mass is 369 g/mol. The summed E-state index contributed by atoms with van der Waals surface area (Å²) in [6.07, 6.45) is 0. The molecule has 2 aromatic carbocycles. The predicted octanol–water partition coefficient (Wildman–Crippen LogP) is 4.33. The molecule has 3 aromatic rings. The van der Waals surface area contributed by atoms with Gasteiger partial charge in [-0.3, -0.25) is 9.69 Å². The molecular weight excluding hydrogens is 349 g/mol. The van der Waals surface area contributed by atoms with Crippen LogP contribution < -0.4 is 5.32 Å². The van der Waals surface area contributed by atoms with Crippen molar-refractivity contribution in [2.45, 2.75) is 13.5 Å². The number of hydrogen-bond donors (Lipinski definition) is 1. The first kappa shape index (κ1) is 18.2. The van der Waals surface area contributed by atoms with E-state index in [-0.39, 0.29) is 18.3 Å². The molecule has 0 fully saturated rings. The Morgan fingerprint density at radius 2 is 1.85 bits per heavy atom. The maximum Gasteiger partial charge on any atom is 0.238 e. The number of halogens is 1. The summed E-state index contributed by atoms with van der Waals surface area (Å²) >= 11 is 1.60. The topological polar surface area (TPSA) is 45.2 Å². The smallest absolute Gasteiger partial charge is 0.238 e. The fraction of sp³-hybridized carbons (Fsp3) is 0.200. The van der Waals surface area contributed by atoms with Crippen molar-refractivity contribution in [3.8, 4) is 10.6 Å². The van der Waals surface area contributed by atoms with E-state index in [0.29, 0.717) is 12.2 Å². The number of nitrogens with one attached hydrogen (secondary N) is 1. The minimum absolute atomic E-state index is 0.145. The SMILES string of the molecule is Cc1ccc(-c2nc(CN(C)CC(=O)Nc3ccc(F)cc3)cs2)cc1. The summed E-state index contributed by atoms with van der Waals surface area (Å²) in [6.45, 7) is 2.87. The molecule has 0 aliphatic rings. The summed E-state index contributed by atoms with van der Waals surface area (Å²) in [6, 6.07) is 14.0. The number of benzene rings is 2. The molecule has 134 valence electrons. The first-order valence-corrected chi connectivity index (χ1v) is 9.13. The van der Waals surface area contributed by atoms with Gasteiger partial charge in [0, 0.05) is 23.2 Å². The quantitative estimate of drug-likeness (QED) is 0.703. The zero-order valence-corrected chi connectivity index (χ0v) is 15.5. The molecule has 0 aliphatic carbocycles. The molecule has 3 rings (SSSR count). The van der Waals surface area contributed by atoms with E-state index < -0.39 is 0 Å². The van der Waals surface area contributed by atoms with Crippen molar-refractivity contribution < 1.29 is 9.18 Å². The van der Waals surface area contributed by atoms with Crippen LogP contribution in [0, 0.1) is 12.7 Å². The second-order valence-electron chi connectivity index (χ2n) is 6.24. The molecule has 1 heterocycles. The van der Waals surface area contributed by atoms with Gasteiger partial charge in [0.2, 0.25) is 5.91 Å². The Morgan fingerprint density at radius 3 is 2.54 bits per heavy atom. The number of hydrogen-bond acceptors (Lipinski definition) is 4. The van der Waals surface area contributed by atoms with E-state index in [4.69, 9.17) is 0 Å². The van der Waals surface area contributed by atoms with Gasteiger partial charge in [0.15, 0.2) is 0 Å². The minimum Gasteiger partial charge on any atom is -0.325 e. The molecule has 0 aliphatic heterocycles. The van der Waals surface area contributed by atoms with Gasteiger partial charge >= 0.3 is 0 Å². The van der Waals surface area contributed by atoms with Crippen LogP contribution in [0.15, 0.2) is 53.9 Å². The fourth-order valence-corrected chi connectivity index (χ4v) is 3.34. The minimum atomic E-state index is -0.326. The number of rotatable bonds is 6. The average molecular weight is 369 g/mol. The number of likely N-dealkylation sites (N-methyl/N-ethyl adjacent to an activating group) is 1. The molecule has 26 heavy (non-hydrogen) atoms. The van der Waals surface area contributed by atoms with Gasteiger partial charge in [-0.15, -0.1) is 11.3 Å². The number of anilines is 1. The Kier molecular flexibility index (Phi) is 5.75. The largest absolute Gasteiger partial charge is 0.325 e. The molecule has 1 N–H and O–H groups in total. The molecule has 0 saturated carbocycles. The molecule has 6 heteroatoms. The molecule has 0 spiro atoms. The molecule has 1 aromatic heterocycles. The number of nitrogens with zero attached hydrogens (tertiary/aromatic N) is 2. The normalized spacial score (nSPS) is 10.9. The number of carbonyl (C=O) groups is 1. The lowest BCUT2D eigenvalue weighted by Crippen LogP contribution is -2.29. The highest BCUT2D eigenvalue weighted by Crippen LogP contribution is 2.24. The van der Waals surface area contributed by atoms with Crippen molar-refractivity contribution >= 4 is 22.9 Å². The van der Waals surface area contributed by atoms with Crippen LogP contribution >= 0.6 is 11.3 Å². The van der Waals surface area contributed by atoms with Gasteiger partial charge in [-0.05, 0) is 38.2 Å². The van der Waals surface area contributed by atoms with E-state index in [1.54, 1.807) is 23.5 Å². The Bertz CT molecular complexity index is 875. The van der Waals surface area contributed by atoms with Gasteiger partial charge in [-0.2, -0.15) is 0 Å². The number of aryl methyl sites for hydroxylation is 1. The number of amides is 1. The van der Waals surface area contributed by atoms with Gasteiger partial charge in [0.1, 0.15) is 10.8 Å². The van der Waals surface area contributed by atoms with Crippen molar-refractivity contribution in [2.75, 3.05) is 18.9 Å². The lowest BCUT2D eigenvalue weighted by atomic mass is 10.2. The van der Waals surface area contributed by atoms with E-state index in [0.717, 1.165) is 16.3 Å². The van der Waals surface area contributed by atoms with Crippen molar-refractivity contribution in [1.82, 2.24) is 9.88 Å². The van der Waals surface area contributed by atoms with Gasteiger partial charge in [-0.25, -0.2) is 9.37 Å². The van der Waals surface area contributed by atoms with E-state index in [9.17, 15) is 9.18 Å². The fourth-order valence-electron chi connectivity index (χ4n) is 2.52. The number of aromatic nitrogens is 1. The van der Waals surface area contributed by atoms with Crippen LogP contribution in [0.1, 0.15) is 11.3 Å². The van der Waals surface area contributed by atoms with E-state index >= 15 is 0 Å². The van der Waals surface area contributed by atoms with Crippen molar-refractivity contribution in [3.05, 3.63) is 71.0 Å². The maximum absolute atomic E-state index is 12.9. The van der Waals surface area contributed by atoms with Crippen LogP contribution in [0.4, 0.5) is 10.1 Å². The van der Waals surface area contributed by atoms with E-state index in [2.05, 4.69) is 41.5 Å². The second-order valence-corrected chi connectivity index (χ2v) is 7.10. The molecular formula is C20H20FN3OS. The molecule has 0 saturated heterocycles. The lowest BCUT2D eigenvalue weighted by Gasteiger charge is -2.15. The van der Waals surface area contributed by atoms with Gasteiger partial charge in [0.25, 0.3) is 0 Å². The summed E-state index contributed by atoms with van der Waals surface area (Å²) in [5.74, 6) is -0.471. The molecule has 4 nitrogen and oxygen atoms in total. The summed E-state index contributed by atoms with van der Waals surface area (Å²) < 4.78 is 12.9. The molecule has 0 unspecified atom stereocenters. The molecule has 1 amide bonds. The third-order valence-corrected chi connectivity index (χ3v) is 4.76. The standard InChI is InChI=1S/C20H20FN3OS/c1-14-3-5-15(6-4-14)20-23-18(13-26-20)11-24(2)12-19(25)22-17-9-7-16(21)8-10-17/h3-10,13H,11-12H2,1-2H3,(H,22,25). The molecule has 0 radical (unpaired) electrons. The number of thiazole rings is 1. The Balaban J connectivity index is 1.54. The van der Waals surface area contributed by atoms with Crippen LogP contribution in [0.2, 0.25) is 0 Å². The van der Waals surface area contributed by atoms with Crippen molar-refractivity contribution in [3.63, 3.8) is 0 Å². The van der Waals surface area contributed by atoms with Crippen LogP contribution in [-0.4, -0.2) is 29.4 Å². The Hall–Kier alpha value is -2.57. The van der Waals surface area contributed by atoms with Gasteiger partial charge in [-0.1, -0.05) is 29.8 Å². The third-order valence-electron chi connectivity index (χ3n) is 3.82. The summed E-state index contributed by atoms with van der Waals surface area (Å²) in [5, 5.41) is 5.75. The Labute approximate surface area is 156 Å². The zero-order valence-electron chi connectivity index (χ0n) is 14.7. The van der Waals surface area contributed by atoms with Gasteiger partial charge < -0.3 is 5.32 Å². The summed E-state index contributed by atoms with van der Waals surface area (Å²) in [5.41, 5.74) is 3.84. The van der Waals surface area contributed by atoms with Crippen LogP contribution in [0.25, 0.3) is 10.6 Å². The maximum atomic E-state index is 12.9. The van der Waals surface area contributed by atoms with Crippen molar-refractivity contribution in [2.24, 2.45) is 0 Å². The average Bonchev–Trinajstić information content (AvgIpc) is 3.05. The first-order chi connectivity index (χ1) is 12.5. The highest BCUT2D eigenvalue weighted by molar-refractivity contribution is 7.13. The predicted molar refractivity (Wildman–Crippen MR) is 104 cm³/mol. The second kappa shape index (κ2) is 8.21. The number of carbonyl (C=O) groups excluding carboxylic acids is 1. The Morgan fingerprint density at radius 1 is 1.15 bits per heavy atom. The first-order valence-electron chi connectivity index (χ1n) is 8.25.